The third kappa shape index (κ3) is 4.30. The first-order chi connectivity index (χ1) is 8.04. The number of nitrogens with one attached hydrogen (secondary N) is 2. The lowest BCUT2D eigenvalue weighted by atomic mass is 10.2. The standard InChI is InChI=1S/C13H24N4/c1-6-14-11-7-16-13(9(2)3)17-12(11)8-15-10(4)5/h7,9-10,14-15H,6,8H2,1-5H3. The molecule has 4 heteroatoms. The molecule has 0 saturated carbocycles. The van der Waals surface area contributed by atoms with E-state index in [4.69, 9.17) is 0 Å². The van der Waals surface area contributed by atoms with Crippen molar-refractivity contribution in [3.05, 3.63) is 17.7 Å². The van der Waals surface area contributed by atoms with Crippen LogP contribution in [-0.4, -0.2) is 22.6 Å². The summed E-state index contributed by atoms with van der Waals surface area (Å²) in [7, 11) is 0. The van der Waals surface area contributed by atoms with Crippen LogP contribution >= 0.6 is 0 Å². The number of rotatable bonds is 6. The highest BCUT2D eigenvalue weighted by molar-refractivity contribution is 5.45. The number of nitrogens with zero attached hydrogens (tertiary/aromatic N) is 2. The zero-order valence-electron chi connectivity index (χ0n) is 11.5. The Labute approximate surface area is 104 Å². The van der Waals surface area contributed by atoms with Gasteiger partial charge in [-0.2, -0.15) is 0 Å². The summed E-state index contributed by atoms with van der Waals surface area (Å²) < 4.78 is 0. The van der Waals surface area contributed by atoms with E-state index < -0.39 is 0 Å². The molecule has 4 nitrogen and oxygen atoms in total. The molecule has 0 aliphatic rings. The molecule has 96 valence electrons. The van der Waals surface area contributed by atoms with Crippen molar-refractivity contribution in [1.82, 2.24) is 15.3 Å². The molecule has 0 amide bonds. The zero-order chi connectivity index (χ0) is 12.8. The van der Waals surface area contributed by atoms with E-state index in [1.165, 1.54) is 0 Å². The first kappa shape index (κ1) is 13.9. The lowest BCUT2D eigenvalue weighted by Gasteiger charge is -2.14. The van der Waals surface area contributed by atoms with Crippen LogP contribution in [0.2, 0.25) is 0 Å². The third-order valence-corrected chi connectivity index (χ3v) is 2.45. The smallest absolute Gasteiger partial charge is 0.131 e. The van der Waals surface area contributed by atoms with Gasteiger partial charge in [0.05, 0.1) is 17.6 Å². The summed E-state index contributed by atoms with van der Waals surface area (Å²) in [5.74, 6) is 1.27. The molecular formula is C13H24N4. The molecule has 0 spiro atoms. The van der Waals surface area contributed by atoms with Gasteiger partial charge in [-0.05, 0) is 6.92 Å². The molecule has 0 fully saturated rings. The second-order valence-electron chi connectivity index (χ2n) is 4.81. The summed E-state index contributed by atoms with van der Waals surface area (Å²) in [5.41, 5.74) is 2.09. The number of hydrogen-bond donors (Lipinski definition) is 2. The molecule has 1 aromatic heterocycles. The van der Waals surface area contributed by atoms with Gasteiger partial charge >= 0.3 is 0 Å². The molecule has 1 aromatic rings. The Kier molecular flexibility index (Phi) is 5.35. The van der Waals surface area contributed by atoms with Gasteiger partial charge in [0.1, 0.15) is 5.82 Å². The fourth-order valence-corrected chi connectivity index (χ4v) is 1.48. The van der Waals surface area contributed by atoms with Gasteiger partial charge < -0.3 is 10.6 Å². The highest BCUT2D eigenvalue weighted by Gasteiger charge is 2.09. The Morgan fingerprint density at radius 3 is 2.47 bits per heavy atom. The van der Waals surface area contributed by atoms with E-state index in [2.05, 4.69) is 55.2 Å². The number of aromatic nitrogens is 2. The van der Waals surface area contributed by atoms with Crippen molar-refractivity contribution < 1.29 is 0 Å². The largest absolute Gasteiger partial charge is 0.383 e. The van der Waals surface area contributed by atoms with Crippen LogP contribution in [0.4, 0.5) is 5.69 Å². The summed E-state index contributed by atoms with van der Waals surface area (Å²) in [6.45, 7) is 12.2. The average molecular weight is 236 g/mol. The molecule has 0 aliphatic heterocycles. The second kappa shape index (κ2) is 6.55. The van der Waals surface area contributed by atoms with E-state index in [-0.39, 0.29) is 0 Å². The molecule has 0 aliphatic carbocycles. The van der Waals surface area contributed by atoms with Crippen LogP contribution in [0, 0.1) is 0 Å². The molecule has 1 heterocycles. The highest BCUT2D eigenvalue weighted by Crippen LogP contribution is 2.16. The fraction of sp³-hybridized carbons (Fsp3) is 0.692. The average Bonchev–Trinajstić information content (AvgIpc) is 2.27. The van der Waals surface area contributed by atoms with E-state index in [0.29, 0.717) is 12.0 Å². The quantitative estimate of drug-likeness (QED) is 0.797. The molecule has 0 atom stereocenters. The van der Waals surface area contributed by atoms with Gasteiger partial charge in [-0.15, -0.1) is 0 Å². The van der Waals surface area contributed by atoms with Crippen LogP contribution in [0.1, 0.15) is 52.1 Å². The lowest BCUT2D eigenvalue weighted by molar-refractivity contribution is 0.578. The van der Waals surface area contributed by atoms with Gasteiger partial charge in [0.15, 0.2) is 0 Å². The van der Waals surface area contributed by atoms with Crippen molar-refractivity contribution in [2.45, 2.75) is 53.1 Å². The predicted octanol–water partition coefficient (Wildman–Crippen LogP) is 2.53. The predicted molar refractivity (Wildman–Crippen MR) is 72.3 cm³/mol. The Bertz CT molecular complexity index is 347. The highest BCUT2D eigenvalue weighted by atomic mass is 15.0. The Hall–Kier alpha value is -1.16. The maximum atomic E-state index is 4.63. The summed E-state index contributed by atoms with van der Waals surface area (Å²) in [6, 6.07) is 0.460. The van der Waals surface area contributed by atoms with Gasteiger partial charge in [-0.3, -0.25) is 0 Å². The molecule has 1 rings (SSSR count). The van der Waals surface area contributed by atoms with Crippen LogP contribution in [0.5, 0.6) is 0 Å². The molecular weight excluding hydrogens is 212 g/mol. The Morgan fingerprint density at radius 1 is 1.24 bits per heavy atom. The topological polar surface area (TPSA) is 49.8 Å². The molecule has 0 saturated heterocycles. The van der Waals surface area contributed by atoms with Crippen LogP contribution in [0.25, 0.3) is 0 Å². The van der Waals surface area contributed by atoms with Crippen LogP contribution in [-0.2, 0) is 6.54 Å². The zero-order valence-corrected chi connectivity index (χ0v) is 11.5. The maximum Gasteiger partial charge on any atom is 0.131 e. The van der Waals surface area contributed by atoms with E-state index in [1.54, 1.807) is 0 Å². The molecule has 0 unspecified atom stereocenters. The van der Waals surface area contributed by atoms with Gasteiger partial charge in [-0.25, -0.2) is 9.97 Å². The third-order valence-electron chi connectivity index (χ3n) is 2.45. The maximum absolute atomic E-state index is 4.63. The summed E-state index contributed by atoms with van der Waals surface area (Å²) in [4.78, 5) is 9.01. The van der Waals surface area contributed by atoms with Crippen molar-refractivity contribution in [2.24, 2.45) is 0 Å². The fourth-order valence-electron chi connectivity index (χ4n) is 1.48. The van der Waals surface area contributed by atoms with Gasteiger partial charge in [0.2, 0.25) is 0 Å². The minimum Gasteiger partial charge on any atom is -0.383 e. The normalized spacial score (nSPS) is 11.2. The number of anilines is 1. The minimum atomic E-state index is 0.364. The van der Waals surface area contributed by atoms with E-state index in [1.807, 2.05) is 6.20 Å². The van der Waals surface area contributed by atoms with Gasteiger partial charge in [0.25, 0.3) is 0 Å². The van der Waals surface area contributed by atoms with Gasteiger partial charge in [0, 0.05) is 25.0 Å². The van der Waals surface area contributed by atoms with Crippen molar-refractivity contribution in [2.75, 3.05) is 11.9 Å². The van der Waals surface area contributed by atoms with Crippen molar-refractivity contribution in [3.8, 4) is 0 Å². The Balaban J connectivity index is 2.90. The first-order valence-corrected chi connectivity index (χ1v) is 6.37. The summed E-state index contributed by atoms with van der Waals surface area (Å²) in [6.07, 6.45) is 1.89. The monoisotopic (exact) mass is 236 g/mol. The summed E-state index contributed by atoms with van der Waals surface area (Å²) >= 11 is 0. The van der Waals surface area contributed by atoms with Crippen LogP contribution in [0.15, 0.2) is 6.20 Å². The van der Waals surface area contributed by atoms with E-state index in [0.717, 1.165) is 30.3 Å². The molecule has 0 radical (unpaired) electrons. The molecule has 0 aromatic carbocycles. The Morgan fingerprint density at radius 2 is 1.94 bits per heavy atom. The number of hydrogen-bond acceptors (Lipinski definition) is 4. The first-order valence-electron chi connectivity index (χ1n) is 6.37. The molecule has 17 heavy (non-hydrogen) atoms. The SMILES string of the molecule is CCNc1cnc(C(C)C)nc1CNC(C)C. The summed E-state index contributed by atoms with van der Waals surface area (Å²) in [5, 5.41) is 6.70. The second-order valence-corrected chi connectivity index (χ2v) is 4.81. The lowest BCUT2D eigenvalue weighted by Crippen LogP contribution is -2.23. The van der Waals surface area contributed by atoms with Crippen molar-refractivity contribution in [3.63, 3.8) is 0 Å². The van der Waals surface area contributed by atoms with Crippen molar-refractivity contribution in [1.29, 1.82) is 0 Å². The van der Waals surface area contributed by atoms with Crippen LogP contribution in [0.3, 0.4) is 0 Å². The van der Waals surface area contributed by atoms with E-state index >= 15 is 0 Å². The van der Waals surface area contributed by atoms with Gasteiger partial charge in [-0.1, -0.05) is 27.7 Å². The molecule has 2 N–H and O–H groups in total. The minimum absolute atomic E-state index is 0.364. The van der Waals surface area contributed by atoms with Crippen LogP contribution < -0.4 is 10.6 Å². The van der Waals surface area contributed by atoms with E-state index in [9.17, 15) is 0 Å². The molecule has 0 bridgehead atoms. The van der Waals surface area contributed by atoms with Crippen molar-refractivity contribution >= 4 is 5.69 Å².